The molecular weight excluding hydrogens is 348 g/mol. The first-order chi connectivity index (χ1) is 13.6. The van der Waals surface area contributed by atoms with Crippen molar-refractivity contribution in [2.75, 3.05) is 6.61 Å². The normalized spacial score (nSPS) is 11.0. The Hall–Kier alpha value is -3.40. The summed E-state index contributed by atoms with van der Waals surface area (Å²) < 4.78 is 7.17. The molecule has 0 aliphatic carbocycles. The zero-order valence-electron chi connectivity index (χ0n) is 16.3. The van der Waals surface area contributed by atoms with Gasteiger partial charge in [-0.3, -0.25) is 0 Å². The maximum Gasteiger partial charge on any atom is 0.357 e. The van der Waals surface area contributed by atoms with Gasteiger partial charge in [-0.25, -0.2) is 9.78 Å². The van der Waals surface area contributed by atoms with Gasteiger partial charge < -0.3 is 9.30 Å². The molecule has 0 spiro atoms. The number of benzene rings is 3. The highest BCUT2D eigenvalue weighted by atomic mass is 16.5. The van der Waals surface area contributed by atoms with E-state index in [1.807, 2.05) is 74.0 Å². The van der Waals surface area contributed by atoms with Crippen LogP contribution in [0.15, 0.2) is 66.7 Å². The zero-order valence-corrected chi connectivity index (χ0v) is 16.3. The van der Waals surface area contributed by atoms with Gasteiger partial charge in [-0.05, 0) is 24.6 Å². The van der Waals surface area contributed by atoms with E-state index in [0.29, 0.717) is 18.0 Å². The van der Waals surface area contributed by atoms with Gasteiger partial charge in [0.05, 0.1) is 6.61 Å². The Labute approximate surface area is 164 Å². The van der Waals surface area contributed by atoms with Crippen molar-refractivity contribution in [3.05, 3.63) is 78.0 Å². The predicted molar refractivity (Wildman–Crippen MR) is 112 cm³/mol. The SMILES string of the molecule is CCOC(=O)c1c(-c2ccc(C)cc2)nc(-c2cccc3ccccc23)n1C. The van der Waals surface area contributed by atoms with Crippen molar-refractivity contribution in [1.82, 2.24) is 9.55 Å². The summed E-state index contributed by atoms with van der Waals surface area (Å²) >= 11 is 0. The molecular formula is C24H22N2O2. The molecule has 3 aromatic carbocycles. The number of ether oxygens (including phenoxy) is 1. The molecule has 4 heteroatoms. The van der Waals surface area contributed by atoms with Gasteiger partial charge in [0, 0.05) is 18.2 Å². The Morgan fingerprint density at radius 2 is 1.71 bits per heavy atom. The van der Waals surface area contributed by atoms with E-state index in [9.17, 15) is 4.79 Å². The molecule has 1 heterocycles. The van der Waals surface area contributed by atoms with Gasteiger partial charge in [-0.2, -0.15) is 0 Å². The number of hydrogen-bond acceptors (Lipinski definition) is 3. The lowest BCUT2D eigenvalue weighted by Gasteiger charge is -2.09. The molecule has 140 valence electrons. The van der Waals surface area contributed by atoms with Crippen molar-refractivity contribution in [1.29, 1.82) is 0 Å². The summed E-state index contributed by atoms with van der Waals surface area (Å²) in [4.78, 5) is 17.6. The van der Waals surface area contributed by atoms with Crippen LogP contribution in [0.4, 0.5) is 0 Å². The molecule has 0 aliphatic rings. The molecule has 0 radical (unpaired) electrons. The number of carbonyl (C=O) groups excluding carboxylic acids is 1. The Morgan fingerprint density at radius 3 is 2.46 bits per heavy atom. The minimum absolute atomic E-state index is 0.320. The van der Waals surface area contributed by atoms with Gasteiger partial charge in [-0.1, -0.05) is 72.3 Å². The Morgan fingerprint density at radius 1 is 1.00 bits per heavy atom. The number of aryl methyl sites for hydroxylation is 1. The van der Waals surface area contributed by atoms with E-state index in [2.05, 4.69) is 18.2 Å². The fraction of sp³-hybridized carbons (Fsp3) is 0.167. The van der Waals surface area contributed by atoms with Gasteiger partial charge in [0.2, 0.25) is 0 Å². The summed E-state index contributed by atoms with van der Waals surface area (Å²) in [5.41, 5.74) is 4.16. The van der Waals surface area contributed by atoms with Crippen LogP contribution >= 0.6 is 0 Å². The topological polar surface area (TPSA) is 44.1 Å². The standard InChI is InChI=1S/C24H22N2O2/c1-4-28-24(27)22-21(18-14-12-16(2)13-15-18)25-23(26(22)3)20-11-7-9-17-8-5-6-10-19(17)20/h5-15H,4H2,1-3H3. The third-order valence-corrected chi connectivity index (χ3v) is 4.92. The molecule has 0 fully saturated rings. The average molecular weight is 370 g/mol. The molecule has 0 amide bonds. The van der Waals surface area contributed by atoms with Gasteiger partial charge in [0.1, 0.15) is 11.5 Å². The maximum absolute atomic E-state index is 12.8. The molecule has 0 N–H and O–H groups in total. The summed E-state index contributed by atoms with van der Waals surface area (Å²) in [6.07, 6.45) is 0. The van der Waals surface area contributed by atoms with E-state index >= 15 is 0 Å². The molecule has 1 aromatic heterocycles. The first kappa shape index (κ1) is 18.0. The molecule has 0 bridgehead atoms. The van der Waals surface area contributed by atoms with Gasteiger partial charge in [-0.15, -0.1) is 0 Å². The highest BCUT2D eigenvalue weighted by molar-refractivity contribution is 5.99. The summed E-state index contributed by atoms with van der Waals surface area (Å²) in [6.45, 7) is 4.17. The second kappa shape index (κ2) is 7.31. The number of rotatable bonds is 4. The molecule has 0 saturated heterocycles. The van der Waals surface area contributed by atoms with Crippen LogP contribution < -0.4 is 0 Å². The molecule has 4 rings (SSSR count). The lowest BCUT2D eigenvalue weighted by Crippen LogP contribution is -2.11. The molecule has 4 nitrogen and oxygen atoms in total. The summed E-state index contributed by atoms with van der Waals surface area (Å²) in [5.74, 6) is 0.384. The number of hydrogen-bond donors (Lipinski definition) is 0. The first-order valence-corrected chi connectivity index (χ1v) is 9.39. The number of carbonyl (C=O) groups is 1. The Balaban J connectivity index is 1.97. The Bertz CT molecular complexity index is 1150. The van der Waals surface area contributed by atoms with Crippen LogP contribution in [0.5, 0.6) is 0 Å². The number of imidazole rings is 1. The predicted octanol–water partition coefficient (Wildman–Crippen LogP) is 5.39. The number of nitrogens with zero attached hydrogens (tertiary/aromatic N) is 2. The van der Waals surface area contributed by atoms with Crippen LogP contribution in [0.2, 0.25) is 0 Å². The maximum atomic E-state index is 12.8. The van der Waals surface area contributed by atoms with Crippen LogP contribution in [-0.4, -0.2) is 22.1 Å². The van der Waals surface area contributed by atoms with Crippen molar-refractivity contribution in [3.8, 4) is 22.6 Å². The zero-order chi connectivity index (χ0) is 19.7. The quantitative estimate of drug-likeness (QED) is 0.452. The summed E-state index contributed by atoms with van der Waals surface area (Å²) in [5, 5.41) is 2.24. The molecule has 0 atom stereocenters. The van der Waals surface area contributed by atoms with Gasteiger partial charge in [0.15, 0.2) is 5.69 Å². The van der Waals surface area contributed by atoms with Crippen LogP contribution in [0, 0.1) is 6.92 Å². The molecule has 0 saturated carbocycles. The Kier molecular flexibility index (Phi) is 4.70. The van der Waals surface area contributed by atoms with Crippen molar-refractivity contribution in [3.63, 3.8) is 0 Å². The second-order valence-corrected chi connectivity index (χ2v) is 6.80. The van der Waals surface area contributed by atoms with E-state index in [0.717, 1.165) is 33.3 Å². The number of fused-ring (bicyclic) bond motifs is 1. The largest absolute Gasteiger partial charge is 0.461 e. The van der Waals surface area contributed by atoms with E-state index < -0.39 is 0 Å². The fourth-order valence-corrected chi connectivity index (χ4v) is 3.51. The van der Waals surface area contributed by atoms with Crippen LogP contribution in [0.25, 0.3) is 33.4 Å². The second-order valence-electron chi connectivity index (χ2n) is 6.80. The van der Waals surface area contributed by atoms with E-state index in [-0.39, 0.29) is 5.97 Å². The fourth-order valence-electron chi connectivity index (χ4n) is 3.51. The third-order valence-electron chi connectivity index (χ3n) is 4.92. The lowest BCUT2D eigenvalue weighted by atomic mass is 10.0. The van der Waals surface area contributed by atoms with Crippen LogP contribution in [0.3, 0.4) is 0 Å². The number of esters is 1. The average Bonchev–Trinajstić information content (AvgIpc) is 3.05. The van der Waals surface area contributed by atoms with E-state index in [1.54, 1.807) is 0 Å². The molecule has 4 aromatic rings. The summed E-state index contributed by atoms with van der Waals surface area (Å²) in [7, 11) is 1.87. The lowest BCUT2D eigenvalue weighted by molar-refractivity contribution is 0.0516. The summed E-state index contributed by atoms with van der Waals surface area (Å²) in [6, 6.07) is 22.4. The first-order valence-electron chi connectivity index (χ1n) is 9.39. The van der Waals surface area contributed by atoms with E-state index in [1.165, 1.54) is 0 Å². The monoisotopic (exact) mass is 370 g/mol. The van der Waals surface area contributed by atoms with Crippen molar-refractivity contribution < 1.29 is 9.53 Å². The minimum atomic E-state index is -0.362. The van der Waals surface area contributed by atoms with E-state index in [4.69, 9.17) is 9.72 Å². The minimum Gasteiger partial charge on any atom is -0.461 e. The van der Waals surface area contributed by atoms with Gasteiger partial charge >= 0.3 is 5.97 Å². The van der Waals surface area contributed by atoms with Gasteiger partial charge in [0.25, 0.3) is 0 Å². The van der Waals surface area contributed by atoms with Crippen LogP contribution in [0.1, 0.15) is 23.0 Å². The number of aromatic nitrogens is 2. The molecule has 0 aliphatic heterocycles. The van der Waals surface area contributed by atoms with Crippen molar-refractivity contribution in [2.24, 2.45) is 7.05 Å². The molecule has 28 heavy (non-hydrogen) atoms. The highest BCUT2D eigenvalue weighted by Gasteiger charge is 2.24. The third kappa shape index (κ3) is 3.07. The smallest absolute Gasteiger partial charge is 0.357 e. The van der Waals surface area contributed by atoms with Crippen molar-refractivity contribution in [2.45, 2.75) is 13.8 Å². The molecule has 0 unspecified atom stereocenters. The van der Waals surface area contributed by atoms with Crippen LogP contribution in [-0.2, 0) is 11.8 Å². The van der Waals surface area contributed by atoms with Crippen molar-refractivity contribution >= 4 is 16.7 Å². The highest BCUT2D eigenvalue weighted by Crippen LogP contribution is 2.33.